The monoisotopic (exact) mass is 166 g/mol. The van der Waals surface area contributed by atoms with E-state index in [0.717, 1.165) is 6.42 Å². The fraction of sp³-hybridized carbons (Fsp3) is 0.700. The number of rotatable bonds is 1. The molecule has 3 aliphatic rings. The lowest BCUT2D eigenvalue weighted by Crippen LogP contribution is -2.34. The lowest BCUT2D eigenvalue weighted by Gasteiger charge is -2.37. The van der Waals surface area contributed by atoms with Gasteiger partial charge in [0.2, 0.25) is 0 Å². The highest BCUT2D eigenvalue weighted by atomic mass is 16.5. The number of fused-ring (bicyclic) bond motifs is 2. The van der Waals surface area contributed by atoms with E-state index in [9.17, 15) is 4.79 Å². The van der Waals surface area contributed by atoms with Crippen molar-refractivity contribution in [2.24, 2.45) is 11.8 Å². The smallest absolute Gasteiger partial charge is 0.302 e. The summed E-state index contributed by atoms with van der Waals surface area (Å²) in [6.07, 6.45) is 8.17. The minimum absolute atomic E-state index is 0.138. The molecule has 2 heteroatoms. The molecule has 0 heterocycles. The Morgan fingerprint density at radius 3 is 2.67 bits per heavy atom. The number of carbonyl (C=O) groups excluding carboxylic acids is 1. The first-order valence-electron chi connectivity index (χ1n) is 4.61. The van der Waals surface area contributed by atoms with Crippen LogP contribution in [0, 0.1) is 11.8 Å². The third-order valence-corrected chi connectivity index (χ3v) is 2.83. The molecule has 0 amide bonds. The molecule has 3 aliphatic carbocycles. The van der Waals surface area contributed by atoms with Crippen LogP contribution in [0.3, 0.4) is 0 Å². The van der Waals surface area contributed by atoms with Crippen LogP contribution in [0.1, 0.15) is 26.2 Å². The van der Waals surface area contributed by atoms with Gasteiger partial charge in [-0.15, -0.1) is 0 Å². The fourth-order valence-electron chi connectivity index (χ4n) is 2.23. The van der Waals surface area contributed by atoms with Gasteiger partial charge in [-0.05, 0) is 25.2 Å². The van der Waals surface area contributed by atoms with Crippen LogP contribution in [0.25, 0.3) is 0 Å². The molecule has 2 bridgehead atoms. The maximum absolute atomic E-state index is 10.7. The molecule has 0 spiro atoms. The van der Waals surface area contributed by atoms with Gasteiger partial charge in [0.1, 0.15) is 6.10 Å². The van der Waals surface area contributed by atoms with Crippen molar-refractivity contribution in [3.05, 3.63) is 12.2 Å². The normalized spacial score (nSPS) is 38.2. The van der Waals surface area contributed by atoms with Gasteiger partial charge in [-0.2, -0.15) is 0 Å². The van der Waals surface area contributed by atoms with E-state index in [2.05, 4.69) is 12.2 Å². The number of hydrogen-bond acceptors (Lipinski definition) is 2. The summed E-state index contributed by atoms with van der Waals surface area (Å²) >= 11 is 0. The second-order valence-corrected chi connectivity index (χ2v) is 3.77. The predicted octanol–water partition coefficient (Wildman–Crippen LogP) is 1.90. The SMILES string of the molecule is CC(=O)OC1CC2C=CC1CC2. The van der Waals surface area contributed by atoms with Crippen molar-refractivity contribution >= 4 is 5.97 Å². The van der Waals surface area contributed by atoms with Gasteiger partial charge in [0.15, 0.2) is 0 Å². The van der Waals surface area contributed by atoms with Crippen molar-refractivity contribution in [1.82, 2.24) is 0 Å². The van der Waals surface area contributed by atoms with E-state index in [1.807, 2.05) is 0 Å². The first-order valence-corrected chi connectivity index (χ1v) is 4.61. The third kappa shape index (κ3) is 1.38. The Kier molecular flexibility index (Phi) is 1.91. The van der Waals surface area contributed by atoms with E-state index in [0.29, 0.717) is 11.8 Å². The van der Waals surface area contributed by atoms with E-state index >= 15 is 0 Å². The maximum Gasteiger partial charge on any atom is 0.302 e. The predicted molar refractivity (Wildman–Crippen MR) is 45.5 cm³/mol. The van der Waals surface area contributed by atoms with Crippen LogP contribution in [0.15, 0.2) is 12.2 Å². The van der Waals surface area contributed by atoms with Crippen LogP contribution in [-0.4, -0.2) is 12.1 Å². The number of ether oxygens (including phenoxy) is 1. The topological polar surface area (TPSA) is 26.3 Å². The molecule has 1 fully saturated rings. The van der Waals surface area contributed by atoms with Gasteiger partial charge in [0.25, 0.3) is 0 Å². The Morgan fingerprint density at radius 2 is 2.25 bits per heavy atom. The molecule has 0 saturated heterocycles. The van der Waals surface area contributed by atoms with Gasteiger partial charge in [-0.3, -0.25) is 4.79 Å². The average molecular weight is 166 g/mol. The molecule has 0 aromatic rings. The highest BCUT2D eigenvalue weighted by molar-refractivity contribution is 5.66. The summed E-state index contributed by atoms with van der Waals surface area (Å²) in [5, 5.41) is 0. The molecule has 0 radical (unpaired) electrons. The molecule has 0 N–H and O–H groups in total. The minimum atomic E-state index is -0.138. The fourth-order valence-corrected chi connectivity index (χ4v) is 2.23. The molecule has 0 aromatic heterocycles. The van der Waals surface area contributed by atoms with Gasteiger partial charge in [0.05, 0.1) is 0 Å². The number of hydrogen-bond donors (Lipinski definition) is 0. The molecule has 1 saturated carbocycles. The van der Waals surface area contributed by atoms with E-state index in [-0.39, 0.29) is 12.1 Å². The van der Waals surface area contributed by atoms with E-state index < -0.39 is 0 Å². The van der Waals surface area contributed by atoms with Crippen molar-refractivity contribution in [2.45, 2.75) is 32.3 Å². The highest BCUT2D eigenvalue weighted by Gasteiger charge is 2.33. The number of allylic oxidation sites excluding steroid dienone is 1. The Bertz CT molecular complexity index is 220. The first-order chi connectivity index (χ1) is 5.75. The van der Waals surface area contributed by atoms with Crippen molar-refractivity contribution in [3.8, 4) is 0 Å². The summed E-state index contributed by atoms with van der Waals surface area (Å²) in [7, 11) is 0. The molecule has 0 aromatic carbocycles. The van der Waals surface area contributed by atoms with Crippen LogP contribution in [0.2, 0.25) is 0 Å². The van der Waals surface area contributed by atoms with E-state index in [1.54, 1.807) is 0 Å². The lowest BCUT2D eigenvalue weighted by molar-refractivity contribution is -0.150. The standard InChI is InChI=1S/C10H14O2/c1-7(11)12-10-6-8-2-4-9(10)5-3-8/h2,4,8-10H,3,5-6H2,1H3. The minimum Gasteiger partial charge on any atom is -0.462 e. The molecule has 12 heavy (non-hydrogen) atoms. The molecule has 0 aliphatic heterocycles. The Balaban J connectivity index is 2.01. The summed E-state index contributed by atoms with van der Waals surface area (Å²) in [6.45, 7) is 1.49. The van der Waals surface area contributed by atoms with Gasteiger partial charge in [0, 0.05) is 12.8 Å². The second-order valence-electron chi connectivity index (χ2n) is 3.77. The molecular formula is C10H14O2. The lowest BCUT2D eigenvalue weighted by atomic mass is 9.74. The van der Waals surface area contributed by atoms with Crippen LogP contribution in [-0.2, 0) is 9.53 Å². The van der Waals surface area contributed by atoms with Crippen molar-refractivity contribution in [2.75, 3.05) is 0 Å². The summed E-state index contributed by atoms with van der Waals surface area (Å²) in [5.74, 6) is 1.03. The molecule has 3 unspecified atom stereocenters. The van der Waals surface area contributed by atoms with Gasteiger partial charge >= 0.3 is 5.97 Å². The number of esters is 1. The van der Waals surface area contributed by atoms with Crippen LogP contribution < -0.4 is 0 Å². The molecule has 3 rings (SSSR count). The molecule has 3 atom stereocenters. The molecule has 2 nitrogen and oxygen atoms in total. The Morgan fingerprint density at radius 1 is 1.42 bits per heavy atom. The maximum atomic E-state index is 10.7. The zero-order chi connectivity index (χ0) is 8.55. The molecule has 66 valence electrons. The van der Waals surface area contributed by atoms with Gasteiger partial charge < -0.3 is 4.74 Å². The summed E-state index contributed by atoms with van der Waals surface area (Å²) in [5.41, 5.74) is 0. The van der Waals surface area contributed by atoms with Crippen molar-refractivity contribution in [3.63, 3.8) is 0 Å². The zero-order valence-electron chi connectivity index (χ0n) is 7.32. The van der Waals surface area contributed by atoms with Crippen LogP contribution >= 0.6 is 0 Å². The van der Waals surface area contributed by atoms with E-state index in [4.69, 9.17) is 4.74 Å². The summed E-state index contributed by atoms with van der Waals surface area (Å²) in [4.78, 5) is 10.7. The van der Waals surface area contributed by atoms with Crippen molar-refractivity contribution < 1.29 is 9.53 Å². The van der Waals surface area contributed by atoms with Gasteiger partial charge in [-0.1, -0.05) is 12.2 Å². The Hall–Kier alpha value is -0.790. The molecular weight excluding hydrogens is 152 g/mol. The van der Waals surface area contributed by atoms with Gasteiger partial charge in [-0.25, -0.2) is 0 Å². The quantitative estimate of drug-likeness (QED) is 0.439. The first kappa shape index (κ1) is 7.84. The highest BCUT2D eigenvalue weighted by Crippen LogP contribution is 2.37. The number of carbonyl (C=O) groups is 1. The van der Waals surface area contributed by atoms with Crippen molar-refractivity contribution in [1.29, 1.82) is 0 Å². The largest absolute Gasteiger partial charge is 0.462 e. The zero-order valence-corrected chi connectivity index (χ0v) is 7.32. The summed E-state index contributed by atoms with van der Waals surface area (Å²) < 4.78 is 5.23. The average Bonchev–Trinajstić information content (AvgIpc) is 2.05. The van der Waals surface area contributed by atoms with Crippen LogP contribution in [0.4, 0.5) is 0 Å². The van der Waals surface area contributed by atoms with E-state index in [1.165, 1.54) is 19.8 Å². The second kappa shape index (κ2) is 2.92. The van der Waals surface area contributed by atoms with Crippen LogP contribution in [0.5, 0.6) is 0 Å². The third-order valence-electron chi connectivity index (χ3n) is 2.83. The Labute approximate surface area is 72.6 Å². The summed E-state index contributed by atoms with van der Waals surface area (Å²) in [6, 6.07) is 0.